The summed E-state index contributed by atoms with van der Waals surface area (Å²) >= 11 is 0. The van der Waals surface area contributed by atoms with Crippen LogP contribution in [-0.4, -0.2) is 36.0 Å². The van der Waals surface area contributed by atoms with Gasteiger partial charge in [0, 0.05) is 0 Å². The molecule has 0 amide bonds. The van der Waals surface area contributed by atoms with E-state index in [0.29, 0.717) is 0 Å². The van der Waals surface area contributed by atoms with E-state index in [2.05, 4.69) is 0 Å². The van der Waals surface area contributed by atoms with Crippen molar-refractivity contribution >= 4 is 0 Å². The van der Waals surface area contributed by atoms with Crippen molar-refractivity contribution in [3.8, 4) is 0 Å². The molecule has 3 atom stereocenters. The van der Waals surface area contributed by atoms with Crippen LogP contribution in [0.25, 0.3) is 0 Å². The second-order valence-corrected chi connectivity index (χ2v) is 3.45. The molecule has 2 rings (SSSR count). The van der Waals surface area contributed by atoms with Gasteiger partial charge in [-0.25, -0.2) is 0 Å². The quantitative estimate of drug-likeness (QED) is 0.535. The predicted octanol–water partition coefficient (Wildman–Crippen LogP) is -0.145. The first-order chi connectivity index (χ1) is 5.11. The van der Waals surface area contributed by atoms with Crippen LogP contribution in [0.15, 0.2) is 0 Å². The maximum absolute atomic E-state index is 9.60. The molecule has 2 heterocycles. The van der Waals surface area contributed by atoms with Gasteiger partial charge in [0.05, 0.1) is 5.60 Å². The highest BCUT2D eigenvalue weighted by atomic mass is 16.8. The average Bonchev–Trinajstić information content (AvgIpc) is 2.39. The normalized spacial score (nSPS) is 47.7. The van der Waals surface area contributed by atoms with Crippen LogP contribution < -0.4 is 0 Å². The Bertz CT molecular complexity index is 168. The zero-order valence-electron chi connectivity index (χ0n) is 6.61. The Morgan fingerprint density at radius 3 is 2.73 bits per heavy atom. The Labute approximate surface area is 65.1 Å². The molecular weight excluding hydrogens is 148 g/mol. The fourth-order valence-electron chi connectivity index (χ4n) is 1.46. The molecule has 2 saturated heterocycles. The first kappa shape index (κ1) is 7.49. The second-order valence-electron chi connectivity index (χ2n) is 3.45. The number of hydrogen-bond donors (Lipinski definition) is 1. The monoisotopic (exact) mass is 160 g/mol. The second kappa shape index (κ2) is 2.17. The molecule has 0 aliphatic carbocycles. The highest BCUT2D eigenvalue weighted by molar-refractivity contribution is 4.95. The molecule has 3 unspecified atom stereocenters. The zero-order chi connectivity index (χ0) is 8.06. The van der Waals surface area contributed by atoms with Crippen molar-refractivity contribution in [1.82, 2.24) is 0 Å². The third-order valence-corrected chi connectivity index (χ3v) is 2.20. The molecule has 0 aromatic heterocycles. The smallest absolute Gasteiger partial charge is 0.189 e. The molecule has 0 radical (unpaired) electrons. The first-order valence-corrected chi connectivity index (χ1v) is 3.70. The Morgan fingerprint density at radius 1 is 1.36 bits per heavy atom. The lowest BCUT2D eigenvalue weighted by Crippen LogP contribution is -2.38. The maximum atomic E-state index is 9.60. The summed E-state index contributed by atoms with van der Waals surface area (Å²) in [5.41, 5.74) is -0.546. The van der Waals surface area contributed by atoms with Gasteiger partial charge in [-0.05, 0) is 13.8 Å². The Hall–Kier alpha value is -0.160. The molecule has 0 spiro atoms. The Balaban J connectivity index is 2.17. The maximum Gasteiger partial charge on any atom is 0.189 e. The van der Waals surface area contributed by atoms with E-state index in [4.69, 9.17) is 14.2 Å². The van der Waals surface area contributed by atoms with E-state index in [-0.39, 0.29) is 19.2 Å². The summed E-state index contributed by atoms with van der Waals surface area (Å²) in [6, 6.07) is 0. The van der Waals surface area contributed by atoms with Crippen LogP contribution in [0.1, 0.15) is 13.8 Å². The van der Waals surface area contributed by atoms with Crippen molar-refractivity contribution in [2.75, 3.05) is 6.79 Å². The van der Waals surface area contributed by atoms with Gasteiger partial charge in [-0.3, -0.25) is 0 Å². The van der Waals surface area contributed by atoms with E-state index < -0.39 is 11.7 Å². The molecule has 0 aromatic carbocycles. The molecule has 4 heteroatoms. The van der Waals surface area contributed by atoms with Crippen molar-refractivity contribution in [3.63, 3.8) is 0 Å². The van der Waals surface area contributed by atoms with Crippen LogP contribution >= 0.6 is 0 Å². The SMILES string of the molecule is CC1(C)OC2OCOC2C1O. The summed E-state index contributed by atoms with van der Waals surface area (Å²) in [6.07, 6.45) is -1.26. The number of aliphatic hydroxyl groups excluding tert-OH is 1. The van der Waals surface area contributed by atoms with Crippen molar-refractivity contribution in [3.05, 3.63) is 0 Å². The topological polar surface area (TPSA) is 47.9 Å². The number of hydrogen-bond acceptors (Lipinski definition) is 4. The standard InChI is InChI=1S/C7H12O4/c1-7(2)5(8)4-6(11-7)10-3-9-4/h4-6,8H,3H2,1-2H3. The molecular formula is C7H12O4. The summed E-state index contributed by atoms with van der Waals surface area (Å²) < 4.78 is 15.6. The minimum Gasteiger partial charge on any atom is -0.387 e. The highest BCUT2D eigenvalue weighted by Crippen LogP contribution is 2.35. The minimum absolute atomic E-state index is 0.225. The van der Waals surface area contributed by atoms with Crippen LogP contribution in [0.3, 0.4) is 0 Å². The molecule has 11 heavy (non-hydrogen) atoms. The van der Waals surface area contributed by atoms with Gasteiger partial charge in [0.2, 0.25) is 0 Å². The third kappa shape index (κ3) is 0.980. The minimum atomic E-state index is -0.588. The number of ether oxygens (including phenoxy) is 3. The zero-order valence-corrected chi connectivity index (χ0v) is 6.61. The highest BCUT2D eigenvalue weighted by Gasteiger charge is 2.52. The number of rotatable bonds is 0. The molecule has 1 N–H and O–H groups in total. The van der Waals surface area contributed by atoms with Crippen molar-refractivity contribution in [1.29, 1.82) is 0 Å². The molecule has 0 aromatic rings. The molecule has 2 fully saturated rings. The van der Waals surface area contributed by atoms with E-state index in [1.807, 2.05) is 13.8 Å². The molecule has 64 valence electrons. The van der Waals surface area contributed by atoms with E-state index in [9.17, 15) is 5.11 Å². The predicted molar refractivity (Wildman–Crippen MR) is 35.8 cm³/mol. The van der Waals surface area contributed by atoms with Gasteiger partial charge in [-0.2, -0.15) is 0 Å². The van der Waals surface area contributed by atoms with Crippen LogP contribution in [0, 0.1) is 0 Å². The molecule has 4 nitrogen and oxygen atoms in total. The first-order valence-electron chi connectivity index (χ1n) is 3.70. The van der Waals surface area contributed by atoms with Crippen LogP contribution in [0.4, 0.5) is 0 Å². The molecule has 2 aliphatic heterocycles. The lowest BCUT2D eigenvalue weighted by molar-refractivity contribution is -0.161. The van der Waals surface area contributed by atoms with E-state index in [1.165, 1.54) is 0 Å². The van der Waals surface area contributed by atoms with Crippen LogP contribution in [0.2, 0.25) is 0 Å². The number of fused-ring (bicyclic) bond motifs is 1. The number of aliphatic hydroxyl groups is 1. The summed E-state index contributed by atoms with van der Waals surface area (Å²) in [5.74, 6) is 0. The van der Waals surface area contributed by atoms with Gasteiger partial charge in [-0.15, -0.1) is 0 Å². The summed E-state index contributed by atoms with van der Waals surface area (Å²) in [6.45, 7) is 3.87. The fraction of sp³-hybridized carbons (Fsp3) is 1.00. The van der Waals surface area contributed by atoms with E-state index in [1.54, 1.807) is 0 Å². The van der Waals surface area contributed by atoms with E-state index in [0.717, 1.165) is 0 Å². The van der Waals surface area contributed by atoms with Gasteiger partial charge in [0.15, 0.2) is 13.1 Å². The Morgan fingerprint density at radius 2 is 2.09 bits per heavy atom. The summed E-state index contributed by atoms with van der Waals surface area (Å²) in [5, 5.41) is 9.60. The third-order valence-electron chi connectivity index (χ3n) is 2.20. The molecule has 0 saturated carbocycles. The summed E-state index contributed by atoms with van der Waals surface area (Å²) in [4.78, 5) is 0. The lowest BCUT2D eigenvalue weighted by Gasteiger charge is -2.22. The van der Waals surface area contributed by atoms with Crippen molar-refractivity contribution in [2.24, 2.45) is 0 Å². The van der Waals surface area contributed by atoms with Gasteiger partial charge < -0.3 is 19.3 Å². The Kier molecular flexibility index (Phi) is 1.47. The van der Waals surface area contributed by atoms with Gasteiger partial charge in [0.1, 0.15) is 12.2 Å². The van der Waals surface area contributed by atoms with Gasteiger partial charge in [-0.1, -0.05) is 0 Å². The lowest BCUT2D eigenvalue weighted by atomic mass is 10.0. The van der Waals surface area contributed by atoms with E-state index >= 15 is 0 Å². The fourth-order valence-corrected chi connectivity index (χ4v) is 1.46. The average molecular weight is 160 g/mol. The van der Waals surface area contributed by atoms with Gasteiger partial charge in [0.25, 0.3) is 0 Å². The van der Waals surface area contributed by atoms with Crippen molar-refractivity contribution < 1.29 is 19.3 Å². The summed E-state index contributed by atoms with van der Waals surface area (Å²) in [7, 11) is 0. The molecule has 0 bridgehead atoms. The van der Waals surface area contributed by atoms with Crippen LogP contribution in [-0.2, 0) is 14.2 Å². The largest absolute Gasteiger partial charge is 0.387 e. The molecule has 2 aliphatic rings. The van der Waals surface area contributed by atoms with Crippen molar-refractivity contribution in [2.45, 2.75) is 37.9 Å². The van der Waals surface area contributed by atoms with Gasteiger partial charge >= 0.3 is 0 Å². The van der Waals surface area contributed by atoms with Crippen LogP contribution in [0.5, 0.6) is 0 Å².